The number of hydrogen-bond acceptors (Lipinski definition) is 2. The van der Waals surface area contributed by atoms with E-state index in [9.17, 15) is 0 Å². The number of pyridine rings is 1. The molecule has 90 valence electrons. The monoisotopic (exact) mass is 228 g/mol. The van der Waals surface area contributed by atoms with Gasteiger partial charge in [0.15, 0.2) is 0 Å². The molecule has 0 aliphatic carbocycles. The van der Waals surface area contributed by atoms with E-state index in [-0.39, 0.29) is 0 Å². The molecule has 0 spiro atoms. The van der Waals surface area contributed by atoms with Gasteiger partial charge in [0.05, 0.1) is 5.52 Å². The number of aryl methyl sites for hydroxylation is 1. The van der Waals surface area contributed by atoms with Crippen LogP contribution < -0.4 is 5.32 Å². The van der Waals surface area contributed by atoms with Gasteiger partial charge in [0.25, 0.3) is 0 Å². The summed E-state index contributed by atoms with van der Waals surface area (Å²) in [7, 11) is 1.98. The largest absolute Gasteiger partial charge is 0.316 e. The number of nitrogens with one attached hydrogen (secondary N) is 1. The van der Waals surface area contributed by atoms with E-state index in [0.29, 0.717) is 5.92 Å². The summed E-state index contributed by atoms with van der Waals surface area (Å²) in [5.74, 6) is 0.510. The fourth-order valence-electron chi connectivity index (χ4n) is 2.29. The first-order valence-corrected chi connectivity index (χ1v) is 6.17. The van der Waals surface area contributed by atoms with Gasteiger partial charge >= 0.3 is 0 Å². The number of rotatable bonds is 3. The molecule has 0 atom stereocenters. The summed E-state index contributed by atoms with van der Waals surface area (Å²) in [5.41, 5.74) is 4.92. The third kappa shape index (κ3) is 2.32. The van der Waals surface area contributed by atoms with Crippen LogP contribution in [-0.2, 0) is 6.54 Å². The van der Waals surface area contributed by atoms with Crippen LogP contribution in [-0.4, -0.2) is 12.0 Å². The Morgan fingerprint density at radius 3 is 2.71 bits per heavy atom. The van der Waals surface area contributed by atoms with Gasteiger partial charge in [0, 0.05) is 17.6 Å². The van der Waals surface area contributed by atoms with E-state index in [4.69, 9.17) is 4.98 Å². The van der Waals surface area contributed by atoms with Gasteiger partial charge in [-0.1, -0.05) is 32.0 Å². The summed E-state index contributed by atoms with van der Waals surface area (Å²) in [6.07, 6.45) is 0. The van der Waals surface area contributed by atoms with Crippen molar-refractivity contribution < 1.29 is 0 Å². The molecule has 0 amide bonds. The smallest absolute Gasteiger partial charge is 0.0742 e. The number of benzene rings is 1. The zero-order valence-corrected chi connectivity index (χ0v) is 11.0. The van der Waals surface area contributed by atoms with Crippen molar-refractivity contribution in [1.29, 1.82) is 0 Å². The van der Waals surface area contributed by atoms with Gasteiger partial charge in [0.2, 0.25) is 0 Å². The fraction of sp³-hybridized carbons (Fsp3) is 0.400. The van der Waals surface area contributed by atoms with E-state index < -0.39 is 0 Å². The summed E-state index contributed by atoms with van der Waals surface area (Å²) >= 11 is 0. The Morgan fingerprint density at radius 1 is 1.29 bits per heavy atom. The molecule has 0 aliphatic heterocycles. The first kappa shape index (κ1) is 12.1. The van der Waals surface area contributed by atoms with Crippen LogP contribution in [0.25, 0.3) is 10.9 Å². The van der Waals surface area contributed by atoms with E-state index in [1.54, 1.807) is 0 Å². The van der Waals surface area contributed by atoms with Crippen molar-refractivity contribution in [2.45, 2.75) is 33.2 Å². The normalized spacial score (nSPS) is 11.4. The second-order valence-corrected chi connectivity index (χ2v) is 4.85. The van der Waals surface area contributed by atoms with Gasteiger partial charge in [-0.25, -0.2) is 0 Å². The van der Waals surface area contributed by atoms with Crippen molar-refractivity contribution in [3.8, 4) is 0 Å². The number of para-hydroxylation sites is 1. The third-order valence-corrected chi connectivity index (χ3v) is 3.07. The van der Waals surface area contributed by atoms with E-state index in [1.165, 1.54) is 16.5 Å². The first-order chi connectivity index (χ1) is 8.13. The fourth-order valence-corrected chi connectivity index (χ4v) is 2.29. The molecule has 17 heavy (non-hydrogen) atoms. The average Bonchev–Trinajstić information content (AvgIpc) is 2.28. The summed E-state index contributed by atoms with van der Waals surface area (Å²) in [6, 6.07) is 8.65. The molecule has 1 heterocycles. The molecular formula is C15H20N2. The zero-order chi connectivity index (χ0) is 12.4. The Kier molecular flexibility index (Phi) is 3.43. The molecule has 2 heteroatoms. The van der Waals surface area contributed by atoms with Crippen LogP contribution in [0.1, 0.15) is 36.6 Å². The molecule has 0 saturated carbocycles. The highest BCUT2D eigenvalue weighted by Gasteiger charge is 2.09. The molecular weight excluding hydrogens is 208 g/mol. The van der Waals surface area contributed by atoms with Crippen LogP contribution in [0, 0.1) is 6.92 Å². The Balaban J connectivity index is 2.73. The van der Waals surface area contributed by atoms with Crippen molar-refractivity contribution in [3.63, 3.8) is 0 Å². The molecule has 0 radical (unpaired) electrons. The molecule has 0 bridgehead atoms. The van der Waals surface area contributed by atoms with E-state index >= 15 is 0 Å². The van der Waals surface area contributed by atoms with E-state index in [2.05, 4.69) is 50.4 Å². The molecule has 1 aromatic carbocycles. The molecule has 2 nitrogen and oxygen atoms in total. The second kappa shape index (κ2) is 4.84. The maximum Gasteiger partial charge on any atom is 0.0742 e. The Labute approximate surface area is 103 Å². The molecule has 0 fully saturated rings. The number of fused-ring (bicyclic) bond motifs is 1. The van der Waals surface area contributed by atoms with Crippen molar-refractivity contribution in [2.24, 2.45) is 0 Å². The summed E-state index contributed by atoms with van der Waals surface area (Å²) < 4.78 is 0. The maximum atomic E-state index is 4.71. The number of aromatic nitrogens is 1. The lowest BCUT2D eigenvalue weighted by atomic mass is 9.97. The Bertz CT molecular complexity index is 530. The van der Waals surface area contributed by atoms with Crippen LogP contribution >= 0.6 is 0 Å². The maximum absolute atomic E-state index is 4.71. The van der Waals surface area contributed by atoms with Gasteiger partial charge in [0.1, 0.15) is 0 Å². The van der Waals surface area contributed by atoms with E-state index in [0.717, 1.165) is 17.8 Å². The Morgan fingerprint density at radius 2 is 2.06 bits per heavy atom. The zero-order valence-electron chi connectivity index (χ0n) is 11.0. The topological polar surface area (TPSA) is 24.9 Å². The summed E-state index contributed by atoms with van der Waals surface area (Å²) in [5, 5.41) is 4.50. The van der Waals surface area contributed by atoms with Crippen molar-refractivity contribution in [1.82, 2.24) is 10.3 Å². The highest BCUT2D eigenvalue weighted by molar-refractivity contribution is 5.85. The van der Waals surface area contributed by atoms with Crippen LogP contribution in [0.15, 0.2) is 24.3 Å². The van der Waals surface area contributed by atoms with Gasteiger partial charge in [-0.2, -0.15) is 0 Å². The Hall–Kier alpha value is -1.41. The highest BCUT2D eigenvalue weighted by atomic mass is 14.8. The van der Waals surface area contributed by atoms with Gasteiger partial charge in [-0.05, 0) is 37.1 Å². The predicted molar refractivity (Wildman–Crippen MR) is 73.3 cm³/mol. The minimum Gasteiger partial charge on any atom is -0.316 e. The first-order valence-electron chi connectivity index (χ1n) is 6.17. The molecule has 1 aromatic heterocycles. The lowest BCUT2D eigenvalue weighted by Gasteiger charge is -2.13. The minimum atomic E-state index is 0.510. The average molecular weight is 228 g/mol. The van der Waals surface area contributed by atoms with Gasteiger partial charge < -0.3 is 5.32 Å². The molecule has 0 saturated heterocycles. The SMILES string of the molecule is CNCc1cc(C)nc2c(C(C)C)cccc12. The van der Waals surface area contributed by atoms with Crippen LogP contribution in [0.4, 0.5) is 0 Å². The highest BCUT2D eigenvalue weighted by Crippen LogP contribution is 2.26. The predicted octanol–water partition coefficient (Wildman–Crippen LogP) is 3.39. The number of hydrogen-bond donors (Lipinski definition) is 1. The molecule has 2 rings (SSSR count). The molecule has 0 aliphatic rings. The van der Waals surface area contributed by atoms with Gasteiger partial charge in [-0.15, -0.1) is 0 Å². The lowest BCUT2D eigenvalue weighted by molar-refractivity contribution is 0.820. The quantitative estimate of drug-likeness (QED) is 0.871. The second-order valence-electron chi connectivity index (χ2n) is 4.85. The summed E-state index contributed by atoms with van der Waals surface area (Å²) in [4.78, 5) is 4.71. The van der Waals surface area contributed by atoms with Crippen LogP contribution in [0.5, 0.6) is 0 Å². The molecule has 0 unspecified atom stereocenters. The molecule has 1 N–H and O–H groups in total. The summed E-state index contributed by atoms with van der Waals surface area (Å²) in [6.45, 7) is 7.39. The number of nitrogens with zero attached hydrogens (tertiary/aromatic N) is 1. The van der Waals surface area contributed by atoms with Crippen LogP contribution in [0.2, 0.25) is 0 Å². The third-order valence-electron chi connectivity index (χ3n) is 3.07. The molecule has 2 aromatic rings. The van der Waals surface area contributed by atoms with Crippen LogP contribution in [0.3, 0.4) is 0 Å². The van der Waals surface area contributed by atoms with Crippen molar-refractivity contribution >= 4 is 10.9 Å². The van der Waals surface area contributed by atoms with Gasteiger partial charge in [-0.3, -0.25) is 4.98 Å². The lowest BCUT2D eigenvalue weighted by Crippen LogP contribution is -2.07. The minimum absolute atomic E-state index is 0.510. The standard InChI is InChI=1S/C15H20N2/c1-10(2)13-6-5-7-14-12(9-16-4)8-11(3)17-15(13)14/h5-8,10,16H,9H2,1-4H3. The van der Waals surface area contributed by atoms with Crippen molar-refractivity contribution in [2.75, 3.05) is 7.05 Å². The van der Waals surface area contributed by atoms with Crippen molar-refractivity contribution in [3.05, 3.63) is 41.1 Å². The van der Waals surface area contributed by atoms with E-state index in [1.807, 2.05) is 7.05 Å².